The number of nitrogens with zero attached hydrogens (tertiary/aromatic N) is 2. The van der Waals surface area contributed by atoms with E-state index >= 15 is 0 Å². The van der Waals surface area contributed by atoms with Crippen molar-refractivity contribution in [2.75, 3.05) is 0 Å². The molecule has 0 bridgehead atoms. The van der Waals surface area contributed by atoms with Crippen LogP contribution in [0.5, 0.6) is 0 Å². The highest BCUT2D eigenvalue weighted by Gasteiger charge is 1.77. The SMILES string of the molecule is Brc1cccnn1. The van der Waals surface area contributed by atoms with Crippen molar-refractivity contribution in [1.29, 1.82) is 0 Å². The van der Waals surface area contributed by atoms with Crippen molar-refractivity contribution >= 4 is 15.9 Å². The minimum atomic E-state index is 0.773. The molecule has 0 amide bonds. The number of hydrogen-bond acceptors (Lipinski definition) is 2. The monoisotopic (exact) mass is 158 g/mol. The molecule has 1 heterocycles. The average Bonchev–Trinajstić information content (AvgIpc) is 1.69. The van der Waals surface area contributed by atoms with E-state index in [-0.39, 0.29) is 0 Å². The Balaban J connectivity index is 3.02. The van der Waals surface area contributed by atoms with E-state index in [1.54, 1.807) is 6.20 Å². The summed E-state index contributed by atoms with van der Waals surface area (Å²) in [6.07, 6.45) is 1.63. The van der Waals surface area contributed by atoms with Gasteiger partial charge < -0.3 is 0 Å². The maximum Gasteiger partial charge on any atom is 0.128 e. The third kappa shape index (κ3) is 1.23. The van der Waals surface area contributed by atoms with E-state index in [0.717, 1.165) is 4.60 Å². The second-order valence-electron chi connectivity index (χ2n) is 1.05. The molecule has 1 aromatic heterocycles. The fraction of sp³-hybridized carbons (Fsp3) is 0. The molecular formula is C4H3BrN2. The zero-order valence-corrected chi connectivity index (χ0v) is 5.09. The Hall–Kier alpha value is -0.440. The summed E-state index contributed by atoms with van der Waals surface area (Å²) in [4.78, 5) is 0. The number of aromatic nitrogens is 2. The zero-order chi connectivity index (χ0) is 5.11. The lowest BCUT2D eigenvalue weighted by molar-refractivity contribution is 1.00. The van der Waals surface area contributed by atoms with Gasteiger partial charge in [0.15, 0.2) is 0 Å². The van der Waals surface area contributed by atoms with Gasteiger partial charge in [0.25, 0.3) is 0 Å². The first-order chi connectivity index (χ1) is 3.39. The Kier molecular flexibility index (Phi) is 1.36. The van der Waals surface area contributed by atoms with Gasteiger partial charge in [-0.2, -0.15) is 5.10 Å². The Morgan fingerprint density at radius 2 is 2.43 bits per heavy atom. The van der Waals surface area contributed by atoms with Crippen LogP contribution in [0.4, 0.5) is 0 Å². The van der Waals surface area contributed by atoms with Crippen LogP contribution in [0.3, 0.4) is 0 Å². The lowest BCUT2D eigenvalue weighted by Crippen LogP contribution is -1.75. The molecule has 0 saturated carbocycles. The lowest BCUT2D eigenvalue weighted by atomic mass is 10.6. The largest absolute Gasteiger partial charge is 0.158 e. The van der Waals surface area contributed by atoms with Crippen LogP contribution in [0.1, 0.15) is 0 Å². The van der Waals surface area contributed by atoms with Gasteiger partial charge in [-0.3, -0.25) is 0 Å². The molecule has 0 unspecified atom stereocenters. The first-order valence-electron chi connectivity index (χ1n) is 1.83. The number of hydrogen-bond donors (Lipinski definition) is 0. The minimum Gasteiger partial charge on any atom is -0.158 e. The fourth-order valence-electron chi connectivity index (χ4n) is 0.283. The highest BCUT2D eigenvalue weighted by atomic mass is 79.9. The molecule has 1 aromatic rings. The minimum absolute atomic E-state index is 0.773. The smallest absolute Gasteiger partial charge is 0.128 e. The van der Waals surface area contributed by atoms with E-state index in [1.807, 2.05) is 12.1 Å². The van der Waals surface area contributed by atoms with Gasteiger partial charge in [-0.15, -0.1) is 5.10 Å². The van der Waals surface area contributed by atoms with Gasteiger partial charge in [0.05, 0.1) is 0 Å². The van der Waals surface area contributed by atoms with Crippen molar-refractivity contribution in [3.63, 3.8) is 0 Å². The lowest BCUT2D eigenvalue weighted by Gasteiger charge is -1.78. The molecule has 0 aromatic carbocycles. The Labute approximate surface area is 49.7 Å². The number of rotatable bonds is 0. The summed E-state index contributed by atoms with van der Waals surface area (Å²) in [6.45, 7) is 0. The molecule has 0 spiro atoms. The molecule has 0 N–H and O–H groups in total. The average molecular weight is 159 g/mol. The molecule has 0 aliphatic rings. The standard InChI is InChI=1S/C4H3BrN2/c5-4-2-1-3-6-7-4/h1-3H. The molecule has 0 fully saturated rings. The maximum atomic E-state index is 3.65. The Morgan fingerprint density at radius 1 is 1.57 bits per heavy atom. The van der Waals surface area contributed by atoms with Gasteiger partial charge in [0.2, 0.25) is 0 Å². The van der Waals surface area contributed by atoms with E-state index in [0.29, 0.717) is 0 Å². The molecule has 7 heavy (non-hydrogen) atoms. The molecule has 0 radical (unpaired) electrons. The Morgan fingerprint density at radius 3 is 2.71 bits per heavy atom. The second kappa shape index (κ2) is 2.02. The van der Waals surface area contributed by atoms with E-state index in [2.05, 4.69) is 26.1 Å². The van der Waals surface area contributed by atoms with Gasteiger partial charge in [-0.05, 0) is 28.1 Å². The van der Waals surface area contributed by atoms with Crippen LogP contribution in [0.25, 0.3) is 0 Å². The van der Waals surface area contributed by atoms with Gasteiger partial charge in [-0.25, -0.2) is 0 Å². The second-order valence-corrected chi connectivity index (χ2v) is 1.86. The first-order valence-corrected chi connectivity index (χ1v) is 2.62. The summed E-state index contributed by atoms with van der Waals surface area (Å²) >= 11 is 3.14. The van der Waals surface area contributed by atoms with Crippen LogP contribution in [-0.2, 0) is 0 Å². The predicted octanol–water partition coefficient (Wildman–Crippen LogP) is 1.24. The third-order valence-electron chi connectivity index (χ3n) is 0.540. The summed E-state index contributed by atoms with van der Waals surface area (Å²) < 4.78 is 0.773. The molecule has 2 nitrogen and oxygen atoms in total. The number of halogens is 1. The topological polar surface area (TPSA) is 25.8 Å². The molecule has 1 rings (SSSR count). The molecular weight excluding hydrogens is 156 g/mol. The molecule has 3 heteroatoms. The molecule has 0 aliphatic heterocycles. The van der Waals surface area contributed by atoms with Crippen LogP contribution >= 0.6 is 15.9 Å². The summed E-state index contributed by atoms with van der Waals surface area (Å²) in [5.41, 5.74) is 0. The van der Waals surface area contributed by atoms with E-state index < -0.39 is 0 Å². The van der Waals surface area contributed by atoms with E-state index in [9.17, 15) is 0 Å². The fourth-order valence-corrected chi connectivity index (χ4v) is 0.527. The first kappa shape index (κ1) is 4.71. The zero-order valence-electron chi connectivity index (χ0n) is 3.50. The van der Waals surface area contributed by atoms with Crippen molar-refractivity contribution in [3.05, 3.63) is 22.9 Å². The molecule has 0 aliphatic carbocycles. The van der Waals surface area contributed by atoms with Crippen molar-refractivity contribution in [3.8, 4) is 0 Å². The van der Waals surface area contributed by atoms with Crippen LogP contribution in [0.2, 0.25) is 0 Å². The highest BCUT2D eigenvalue weighted by Crippen LogP contribution is 1.98. The third-order valence-corrected chi connectivity index (χ3v) is 0.963. The molecule has 36 valence electrons. The summed E-state index contributed by atoms with van der Waals surface area (Å²) in [5.74, 6) is 0. The summed E-state index contributed by atoms with van der Waals surface area (Å²) in [5, 5.41) is 7.23. The van der Waals surface area contributed by atoms with Crippen LogP contribution in [0, 0.1) is 0 Å². The normalized spacial score (nSPS) is 8.71. The van der Waals surface area contributed by atoms with E-state index in [1.165, 1.54) is 0 Å². The van der Waals surface area contributed by atoms with Crippen LogP contribution < -0.4 is 0 Å². The van der Waals surface area contributed by atoms with Gasteiger partial charge >= 0.3 is 0 Å². The summed E-state index contributed by atoms with van der Waals surface area (Å²) in [7, 11) is 0. The van der Waals surface area contributed by atoms with Crippen molar-refractivity contribution < 1.29 is 0 Å². The van der Waals surface area contributed by atoms with Crippen LogP contribution in [-0.4, -0.2) is 10.2 Å². The van der Waals surface area contributed by atoms with Crippen LogP contribution in [0.15, 0.2) is 22.9 Å². The summed E-state index contributed by atoms with van der Waals surface area (Å²) in [6, 6.07) is 3.64. The molecule has 0 atom stereocenters. The Bertz CT molecular complexity index is 140. The van der Waals surface area contributed by atoms with Gasteiger partial charge in [-0.1, -0.05) is 0 Å². The quantitative estimate of drug-likeness (QED) is 0.569. The van der Waals surface area contributed by atoms with Crippen molar-refractivity contribution in [2.24, 2.45) is 0 Å². The van der Waals surface area contributed by atoms with Gasteiger partial charge in [0, 0.05) is 6.20 Å². The molecule has 0 saturated heterocycles. The highest BCUT2D eigenvalue weighted by molar-refractivity contribution is 9.10. The van der Waals surface area contributed by atoms with Crippen molar-refractivity contribution in [1.82, 2.24) is 10.2 Å². The predicted molar refractivity (Wildman–Crippen MR) is 29.7 cm³/mol. The van der Waals surface area contributed by atoms with E-state index in [4.69, 9.17) is 0 Å². The maximum absolute atomic E-state index is 3.65. The van der Waals surface area contributed by atoms with Crippen molar-refractivity contribution in [2.45, 2.75) is 0 Å². The van der Waals surface area contributed by atoms with Gasteiger partial charge in [0.1, 0.15) is 4.60 Å².